The highest BCUT2D eigenvalue weighted by Gasteiger charge is 2.21. The normalized spacial score (nSPS) is 11.1. The van der Waals surface area contributed by atoms with Crippen molar-refractivity contribution in [1.29, 1.82) is 0 Å². The van der Waals surface area contributed by atoms with E-state index in [0.29, 0.717) is 18.9 Å². The van der Waals surface area contributed by atoms with Gasteiger partial charge in [-0.05, 0) is 55.2 Å². The highest BCUT2D eigenvalue weighted by molar-refractivity contribution is 5.94. The van der Waals surface area contributed by atoms with Crippen LogP contribution in [0.4, 0.5) is 5.95 Å². The van der Waals surface area contributed by atoms with Crippen LogP contribution in [0.2, 0.25) is 0 Å². The molecule has 1 heterocycles. The molecule has 35 heavy (non-hydrogen) atoms. The van der Waals surface area contributed by atoms with Crippen LogP contribution in [0.3, 0.4) is 0 Å². The molecule has 0 aliphatic heterocycles. The third-order valence-corrected chi connectivity index (χ3v) is 5.51. The van der Waals surface area contributed by atoms with Gasteiger partial charge in [0.05, 0.1) is 19.3 Å². The standard InChI is InChI=1S/C28H36N4O3/c1-19(2)15-27(34)31(16-20(3)4)18-26(33)30-28-29-25(22-9-13-24(35-6)14-10-22)17-32(28)23-11-7-21(5)8-12-23/h7-14,17,19-20H,15-16,18H2,1-6H3,(H,29,30,33). The van der Waals surface area contributed by atoms with Gasteiger partial charge in [-0.1, -0.05) is 45.4 Å². The molecule has 0 atom stereocenters. The molecule has 2 aromatic carbocycles. The topological polar surface area (TPSA) is 76.5 Å². The van der Waals surface area contributed by atoms with Gasteiger partial charge in [0.25, 0.3) is 0 Å². The zero-order valence-electron chi connectivity index (χ0n) is 21.5. The minimum absolute atomic E-state index is 0.00958. The molecule has 0 aliphatic carbocycles. The fourth-order valence-electron chi connectivity index (χ4n) is 3.78. The fraction of sp³-hybridized carbons (Fsp3) is 0.393. The van der Waals surface area contributed by atoms with Crippen LogP contribution in [0, 0.1) is 18.8 Å². The number of benzene rings is 2. The average molecular weight is 477 g/mol. The van der Waals surface area contributed by atoms with E-state index in [4.69, 9.17) is 9.72 Å². The smallest absolute Gasteiger partial charge is 0.246 e. The Bertz CT molecular complexity index is 1130. The van der Waals surface area contributed by atoms with Crippen LogP contribution in [0.25, 0.3) is 16.9 Å². The fourth-order valence-corrected chi connectivity index (χ4v) is 3.78. The summed E-state index contributed by atoms with van der Waals surface area (Å²) in [5, 5.41) is 2.94. The van der Waals surface area contributed by atoms with E-state index in [1.165, 1.54) is 0 Å². The van der Waals surface area contributed by atoms with Crippen LogP contribution in [-0.4, -0.2) is 46.5 Å². The van der Waals surface area contributed by atoms with Gasteiger partial charge in [0.15, 0.2) is 0 Å². The molecule has 7 nitrogen and oxygen atoms in total. The van der Waals surface area contributed by atoms with Crippen LogP contribution in [0.15, 0.2) is 54.7 Å². The number of amides is 2. The molecule has 0 bridgehead atoms. The molecule has 0 saturated heterocycles. The van der Waals surface area contributed by atoms with Crippen molar-refractivity contribution in [3.8, 4) is 22.7 Å². The van der Waals surface area contributed by atoms with E-state index < -0.39 is 0 Å². The molecule has 0 unspecified atom stereocenters. The number of anilines is 1. The van der Waals surface area contributed by atoms with Crippen molar-refractivity contribution < 1.29 is 14.3 Å². The number of rotatable bonds is 10. The number of methoxy groups -OCH3 is 1. The van der Waals surface area contributed by atoms with E-state index in [2.05, 4.69) is 5.32 Å². The number of hydrogen-bond donors (Lipinski definition) is 1. The third-order valence-electron chi connectivity index (χ3n) is 5.51. The molecule has 0 fully saturated rings. The van der Waals surface area contributed by atoms with Gasteiger partial charge in [-0.2, -0.15) is 0 Å². The van der Waals surface area contributed by atoms with Crippen molar-refractivity contribution in [1.82, 2.24) is 14.5 Å². The lowest BCUT2D eigenvalue weighted by molar-refractivity contribution is -0.135. The molecule has 3 rings (SSSR count). The molecule has 0 aliphatic rings. The van der Waals surface area contributed by atoms with E-state index in [0.717, 1.165) is 28.3 Å². The summed E-state index contributed by atoms with van der Waals surface area (Å²) in [7, 11) is 1.63. The first kappa shape index (κ1) is 26.0. The number of carbonyl (C=O) groups excluding carboxylic acids is 2. The number of nitrogens with zero attached hydrogens (tertiary/aromatic N) is 3. The first-order valence-electron chi connectivity index (χ1n) is 12.0. The highest BCUT2D eigenvalue weighted by Crippen LogP contribution is 2.26. The van der Waals surface area contributed by atoms with Gasteiger partial charge >= 0.3 is 0 Å². The second kappa shape index (κ2) is 11.7. The van der Waals surface area contributed by atoms with Gasteiger partial charge in [-0.15, -0.1) is 0 Å². The molecule has 1 aromatic heterocycles. The number of carbonyl (C=O) groups is 2. The molecule has 1 N–H and O–H groups in total. The average Bonchev–Trinajstić information content (AvgIpc) is 3.22. The Morgan fingerprint density at radius 3 is 2.23 bits per heavy atom. The second-order valence-corrected chi connectivity index (χ2v) is 9.70. The van der Waals surface area contributed by atoms with Crippen molar-refractivity contribution in [2.24, 2.45) is 11.8 Å². The Morgan fingerprint density at radius 2 is 1.66 bits per heavy atom. The molecular formula is C28H36N4O3. The monoisotopic (exact) mass is 476 g/mol. The van der Waals surface area contributed by atoms with E-state index in [-0.39, 0.29) is 30.2 Å². The number of nitrogens with one attached hydrogen (secondary N) is 1. The quantitative estimate of drug-likeness (QED) is 0.429. The summed E-state index contributed by atoms with van der Waals surface area (Å²) in [6.07, 6.45) is 2.32. The number of aromatic nitrogens is 2. The molecule has 0 spiro atoms. The van der Waals surface area contributed by atoms with Gasteiger partial charge in [-0.3, -0.25) is 19.5 Å². The summed E-state index contributed by atoms with van der Waals surface area (Å²) in [5.41, 5.74) is 3.65. The maximum Gasteiger partial charge on any atom is 0.246 e. The molecule has 0 radical (unpaired) electrons. The van der Waals surface area contributed by atoms with Crippen molar-refractivity contribution in [3.05, 3.63) is 60.3 Å². The Kier molecular flexibility index (Phi) is 8.68. The number of ether oxygens (including phenoxy) is 1. The van der Waals surface area contributed by atoms with E-state index in [9.17, 15) is 9.59 Å². The molecule has 3 aromatic rings. The summed E-state index contributed by atoms with van der Waals surface area (Å²) in [6, 6.07) is 15.6. The maximum absolute atomic E-state index is 13.1. The molecule has 186 valence electrons. The van der Waals surface area contributed by atoms with E-state index >= 15 is 0 Å². The maximum atomic E-state index is 13.1. The minimum Gasteiger partial charge on any atom is -0.497 e. The van der Waals surface area contributed by atoms with Crippen LogP contribution >= 0.6 is 0 Å². The molecule has 7 heteroatoms. The van der Waals surface area contributed by atoms with Gasteiger partial charge in [0.1, 0.15) is 5.75 Å². The van der Waals surface area contributed by atoms with Crippen LogP contribution < -0.4 is 10.1 Å². The van der Waals surface area contributed by atoms with Gasteiger partial charge < -0.3 is 9.64 Å². The Hall–Kier alpha value is -3.61. The zero-order valence-corrected chi connectivity index (χ0v) is 21.5. The van der Waals surface area contributed by atoms with Gasteiger partial charge in [0, 0.05) is 30.4 Å². The molecule has 2 amide bonds. The molecular weight excluding hydrogens is 440 g/mol. The van der Waals surface area contributed by atoms with Crippen LogP contribution in [-0.2, 0) is 9.59 Å². The van der Waals surface area contributed by atoms with Gasteiger partial charge in [-0.25, -0.2) is 4.98 Å². The predicted molar refractivity (Wildman–Crippen MR) is 140 cm³/mol. The lowest BCUT2D eigenvalue weighted by Gasteiger charge is -2.25. The third kappa shape index (κ3) is 7.18. The van der Waals surface area contributed by atoms with Gasteiger partial charge in [0.2, 0.25) is 17.8 Å². The first-order valence-corrected chi connectivity index (χ1v) is 12.0. The van der Waals surface area contributed by atoms with E-state index in [1.807, 2.05) is 93.9 Å². The first-order chi connectivity index (χ1) is 16.7. The Balaban J connectivity index is 1.89. The van der Waals surface area contributed by atoms with Crippen molar-refractivity contribution in [2.75, 3.05) is 25.5 Å². The Morgan fingerprint density at radius 1 is 1.00 bits per heavy atom. The minimum atomic E-state index is -0.275. The van der Waals surface area contributed by atoms with Crippen molar-refractivity contribution in [3.63, 3.8) is 0 Å². The Labute approximate surface area is 208 Å². The predicted octanol–water partition coefficient (Wildman–Crippen LogP) is 5.33. The highest BCUT2D eigenvalue weighted by atomic mass is 16.5. The summed E-state index contributed by atoms with van der Waals surface area (Å²) in [6.45, 7) is 10.6. The zero-order chi connectivity index (χ0) is 25.5. The summed E-state index contributed by atoms with van der Waals surface area (Å²) in [4.78, 5) is 32.2. The number of imidazole rings is 1. The molecule has 0 saturated carbocycles. The second-order valence-electron chi connectivity index (χ2n) is 9.70. The SMILES string of the molecule is COc1ccc(-c2cn(-c3ccc(C)cc3)c(NC(=O)CN(CC(C)C)C(=O)CC(C)C)n2)cc1. The van der Waals surface area contributed by atoms with Crippen LogP contribution in [0.1, 0.15) is 39.7 Å². The van der Waals surface area contributed by atoms with Crippen LogP contribution in [0.5, 0.6) is 5.75 Å². The van der Waals surface area contributed by atoms with Crippen molar-refractivity contribution in [2.45, 2.75) is 41.0 Å². The number of hydrogen-bond acceptors (Lipinski definition) is 4. The number of aryl methyl sites for hydroxylation is 1. The van der Waals surface area contributed by atoms with Crippen molar-refractivity contribution >= 4 is 17.8 Å². The van der Waals surface area contributed by atoms with E-state index in [1.54, 1.807) is 12.0 Å². The lowest BCUT2D eigenvalue weighted by Crippen LogP contribution is -2.40. The summed E-state index contributed by atoms with van der Waals surface area (Å²) >= 11 is 0. The summed E-state index contributed by atoms with van der Waals surface area (Å²) in [5.74, 6) is 1.37. The lowest BCUT2D eigenvalue weighted by atomic mass is 10.1. The summed E-state index contributed by atoms with van der Waals surface area (Å²) < 4.78 is 7.12. The largest absolute Gasteiger partial charge is 0.497 e.